The summed E-state index contributed by atoms with van der Waals surface area (Å²) in [5, 5.41) is 30.0. The van der Waals surface area contributed by atoms with E-state index < -0.39 is 11.9 Å². The Kier molecular flexibility index (Phi) is 8.41. The molecule has 0 aromatic heterocycles. The van der Waals surface area contributed by atoms with Crippen LogP contribution < -0.4 is 0 Å². The van der Waals surface area contributed by atoms with Crippen LogP contribution in [0.4, 0.5) is 0 Å². The molecule has 0 atom stereocenters. The van der Waals surface area contributed by atoms with E-state index in [2.05, 4.69) is 0 Å². The van der Waals surface area contributed by atoms with Crippen molar-refractivity contribution in [2.75, 3.05) is 0 Å². The summed E-state index contributed by atoms with van der Waals surface area (Å²) < 4.78 is 0. The normalized spacial score (nSPS) is 6.00. The number of aliphatic carboxylic acids is 2. The lowest BCUT2D eigenvalue weighted by Crippen LogP contribution is -2.09. The molecule has 0 spiro atoms. The Morgan fingerprint density at radius 3 is 1.36 bits per heavy atom. The average Bonchev–Trinajstić information content (AvgIpc) is 1.90. The van der Waals surface area contributed by atoms with Gasteiger partial charge in [0.1, 0.15) is 6.42 Å². The first-order valence-electron chi connectivity index (χ1n) is 2.26. The van der Waals surface area contributed by atoms with Crippen LogP contribution in [-0.4, -0.2) is 22.2 Å². The molecule has 0 amide bonds. The lowest BCUT2D eigenvalue weighted by Gasteiger charge is -1.72. The number of carboxylic acid groups (broad SMARTS) is 2. The van der Waals surface area contributed by atoms with Crippen LogP contribution in [0, 0.1) is 22.7 Å². The van der Waals surface area contributed by atoms with Crippen LogP contribution in [0.2, 0.25) is 0 Å². The van der Waals surface area contributed by atoms with Gasteiger partial charge >= 0.3 is 11.9 Å². The Morgan fingerprint density at radius 1 is 1.09 bits per heavy atom. The summed E-state index contributed by atoms with van der Waals surface area (Å²) >= 11 is 0. The van der Waals surface area contributed by atoms with E-state index in [1.165, 1.54) is 0 Å². The zero-order chi connectivity index (χ0) is 9.28. The van der Waals surface area contributed by atoms with Crippen LogP contribution in [0.3, 0.4) is 0 Å². The predicted molar refractivity (Wildman–Crippen MR) is 31.1 cm³/mol. The highest BCUT2D eigenvalue weighted by Crippen LogP contribution is 1.60. The number of nitrogens with zero attached hydrogens (tertiary/aromatic N) is 2. The largest absolute Gasteiger partial charge is 0.473 e. The zero-order valence-corrected chi connectivity index (χ0v) is 5.31. The molecule has 0 heterocycles. The third kappa shape index (κ3) is 18.1. The second-order valence-electron chi connectivity index (χ2n) is 1.10. The average molecular weight is 156 g/mol. The molecule has 58 valence electrons. The van der Waals surface area contributed by atoms with E-state index in [0.717, 1.165) is 0 Å². The lowest BCUT2D eigenvalue weighted by atomic mass is 10.5. The molecule has 0 aliphatic rings. The number of carboxylic acids is 2. The maximum atomic E-state index is 9.10. The van der Waals surface area contributed by atoms with Crippen molar-refractivity contribution in [1.29, 1.82) is 10.5 Å². The zero-order valence-electron chi connectivity index (χ0n) is 5.31. The first kappa shape index (κ1) is 11.7. The lowest BCUT2D eigenvalue weighted by molar-refractivity contribution is -0.159. The molecule has 0 saturated heterocycles. The molecular weight excluding hydrogens is 152 g/mol. The number of rotatable bonds is 0. The van der Waals surface area contributed by atoms with Gasteiger partial charge in [-0.25, -0.2) is 9.59 Å². The molecule has 0 aromatic carbocycles. The minimum Gasteiger partial charge on any atom is -0.473 e. The van der Waals surface area contributed by atoms with Gasteiger partial charge in [-0.15, -0.1) is 0 Å². The van der Waals surface area contributed by atoms with Gasteiger partial charge in [-0.3, -0.25) is 0 Å². The molecule has 2 N–H and O–H groups in total. The van der Waals surface area contributed by atoms with Crippen molar-refractivity contribution in [2.45, 2.75) is 6.42 Å². The van der Waals surface area contributed by atoms with Gasteiger partial charge in [0.05, 0.1) is 12.1 Å². The fourth-order valence-electron chi connectivity index (χ4n) is 0.0354. The Bertz CT molecular complexity index is 198. The number of hydrogen-bond donors (Lipinski definition) is 2. The topological polar surface area (TPSA) is 122 Å². The van der Waals surface area contributed by atoms with Crippen LogP contribution in [0.5, 0.6) is 0 Å². The van der Waals surface area contributed by atoms with Gasteiger partial charge < -0.3 is 10.2 Å². The molecule has 0 unspecified atom stereocenters. The molecule has 0 bridgehead atoms. The van der Waals surface area contributed by atoms with Crippen LogP contribution >= 0.6 is 0 Å². The fourth-order valence-corrected chi connectivity index (χ4v) is 0.0354. The van der Waals surface area contributed by atoms with Crippen molar-refractivity contribution in [3.8, 4) is 12.1 Å². The van der Waals surface area contributed by atoms with Crippen LogP contribution in [0.15, 0.2) is 0 Å². The minimum atomic E-state index is -1.82. The van der Waals surface area contributed by atoms with Crippen LogP contribution in [-0.2, 0) is 9.59 Å². The summed E-state index contributed by atoms with van der Waals surface area (Å²) in [6, 6.07) is 3.31. The van der Waals surface area contributed by atoms with Gasteiger partial charge in [-0.1, -0.05) is 0 Å². The molecule has 0 radical (unpaired) electrons. The SMILES string of the molecule is N#CCC#N.O=C(O)C(=O)O. The highest BCUT2D eigenvalue weighted by Gasteiger charge is 2.04. The Labute approximate surface area is 61.9 Å². The molecule has 0 aromatic rings. The van der Waals surface area contributed by atoms with Gasteiger partial charge in [0.2, 0.25) is 0 Å². The van der Waals surface area contributed by atoms with Crippen molar-refractivity contribution >= 4 is 11.9 Å². The molecular formula is C5H4N2O4. The summed E-state index contributed by atoms with van der Waals surface area (Å²) in [6.07, 6.45) is 0. The molecule has 6 heteroatoms. The maximum Gasteiger partial charge on any atom is 0.414 e. The van der Waals surface area contributed by atoms with Gasteiger partial charge in [-0.2, -0.15) is 10.5 Å². The van der Waals surface area contributed by atoms with Gasteiger partial charge in [0.25, 0.3) is 0 Å². The first-order valence-corrected chi connectivity index (χ1v) is 2.26. The summed E-state index contributed by atoms with van der Waals surface area (Å²) in [5.74, 6) is -3.65. The van der Waals surface area contributed by atoms with E-state index in [1.54, 1.807) is 12.1 Å². The Balaban J connectivity index is 0. The van der Waals surface area contributed by atoms with E-state index >= 15 is 0 Å². The van der Waals surface area contributed by atoms with Crippen LogP contribution in [0.1, 0.15) is 6.42 Å². The van der Waals surface area contributed by atoms with E-state index in [-0.39, 0.29) is 6.42 Å². The Hall–Kier alpha value is -2.08. The third-order valence-electron chi connectivity index (χ3n) is 0.341. The van der Waals surface area contributed by atoms with Gasteiger partial charge in [0.15, 0.2) is 0 Å². The molecule has 0 aliphatic heterocycles. The summed E-state index contributed by atoms with van der Waals surface area (Å²) in [5.41, 5.74) is 0. The van der Waals surface area contributed by atoms with Crippen molar-refractivity contribution < 1.29 is 19.8 Å². The monoisotopic (exact) mass is 156 g/mol. The second kappa shape index (κ2) is 7.92. The van der Waals surface area contributed by atoms with Crippen LogP contribution in [0.25, 0.3) is 0 Å². The number of nitriles is 2. The molecule has 0 fully saturated rings. The maximum absolute atomic E-state index is 9.10. The summed E-state index contributed by atoms with van der Waals surface area (Å²) in [6.45, 7) is 0. The molecule has 0 aliphatic carbocycles. The number of hydrogen-bond acceptors (Lipinski definition) is 4. The van der Waals surface area contributed by atoms with E-state index in [9.17, 15) is 0 Å². The van der Waals surface area contributed by atoms with Crippen molar-refractivity contribution in [3.63, 3.8) is 0 Å². The summed E-state index contributed by atoms with van der Waals surface area (Å²) in [7, 11) is 0. The van der Waals surface area contributed by atoms with E-state index in [4.69, 9.17) is 30.3 Å². The van der Waals surface area contributed by atoms with Gasteiger partial charge in [0, 0.05) is 0 Å². The molecule has 0 saturated carbocycles. The van der Waals surface area contributed by atoms with Crippen molar-refractivity contribution in [3.05, 3.63) is 0 Å². The quantitative estimate of drug-likeness (QED) is 0.459. The van der Waals surface area contributed by atoms with E-state index in [1.807, 2.05) is 0 Å². The fraction of sp³-hybridized carbons (Fsp3) is 0.200. The molecule has 0 rings (SSSR count). The Morgan fingerprint density at radius 2 is 1.36 bits per heavy atom. The minimum absolute atomic E-state index is 0. The molecule has 11 heavy (non-hydrogen) atoms. The smallest absolute Gasteiger partial charge is 0.414 e. The van der Waals surface area contributed by atoms with Crippen molar-refractivity contribution in [1.82, 2.24) is 0 Å². The standard InChI is InChI=1S/C3H2N2.C2H2O4/c4-2-1-3-5;3-1(4)2(5)6/h1H2;(H,3,4)(H,5,6). The highest BCUT2D eigenvalue weighted by atomic mass is 16.4. The second-order valence-corrected chi connectivity index (χ2v) is 1.10. The first-order chi connectivity index (χ1) is 5.06. The predicted octanol–water partition coefficient (Wildman–Crippen LogP) is -0.421. The highest BCUT2D eigenvalue weighted by molar-refractivity contribution is 6.27. The molecule has 6 nitrogen and oxygen atoms in total. The summed E-state index contributed by atoms with van der Waals surface area (Å²) in [4.78, 5) is 18.2. The van der Waals surface area contributed by atoms with E-state index in [0.29, 0.717) is 0 Å². The van der Waals surface area contributed by atoms with Crippen molar-refractivity contribution in [2.24, 2.45) is 0 Å². The third-order valence-corrected chi connectivity index (χ3v) is 0.341. The number of carbonyl (C=O) groups is 2. The van der Waals surface area contributed by atoms with Gasteiger partial charge in [-0.05, 0) is 0 Å².